The van der Waals surface area contributed by atoms with Gasteiger partial charge in [-0.25, -0.2) is 9.59 Å². The highest BCUT2D eigenvalue weighted by Crippen LogP contribution is 2.26. The van der Waals surface area contributed by atoms with Crippen LogP contribution < -0.4 is 18.9 Å². The number of hydrogen-bond donors (Lipinski definition) is 0. The van der Waals surface area contributed by atoms with Crippen molar-refractivity contribution in [1.82, 2.24) is 0 Å². The SMILES string of the molecule is CCCOC(CC)CCCCCOc1ccc(C(=O)Oc2ccc(OC(=O)c3ccc(OCCCCCC(CC)OCCC)cc3)c(C)c2)cc1. The van der Waals surface area contributed by atoms with E-state index >= 15 is 0 Å². The van der Waals surface area contributed by atoms with Gasteiger partial charge in [-0.15, -0.1) is 0 Å². The molecular formula is C43H60O8. The largest absolute Gasteiger partial charge is 0.494 e. The van der Waals surface area contributed by atoms with Crippen LogP contribution in [0.25, 0.3) is 0 Å². The smallest absolute Gasteiger partial charge is 0.343 e. The molecule has 0 amide bonds. The molecule has 0 saturated carbocycles. The molecule has 0 aliphatic rings. The van der Waals surface area contributed by atoms with Crippen molar-refractivity contribution >= 4 is 11.9 Å². The van der Waals surface area contributed by atoms with Gasteiger partial charge in [0.05, 0.1) is 36.5 Å². The van der Waals surface area contributed by atoms with Crippen molar-refractivity contribution in [3.8, 4) is 23.0 Å². The third-order valence-electron chi connectivity index (χ3n) is 8.64. The lowest BCUT2D eigenvalue weighted by Gasteiger charge is -2.15. The first-order chi connectivity index (χ1) is 24.9. The summed E-state index contributed by atoms with van der Waals surface area (Å²) < 4.78 is 34.7. The van der Waals surface area contributed by atoms with Crippen LogP contribution in [-0.4, -0.2) is 50.6 Å². The summed E-state index contributed by atoms with van der Waals surface area (Å²) >= 11 is 0. The molecule has 3 rings (SSSR count). The van der Waals surface area contributed by atoms with Gasteiger partial charge < -0.3 is 28.4 Å². The molecule has 51 heavy (non-hydrogen) atoms. The minimum absolute atomic E-state index is 0.355. The van der Waals surface area contributed by atoms with Crippen LogP contribution in [0.4, 0.5) is 0 Å². The van der Waals surface area contributed by atoms with Crippen LogP contribution >= 0.6 is 0 Å². The van der Waals surface area contributed by atoms with Crippen molar-refractivity contribution in [3.63, 3.8) is 0 Å². The number of unbranched alkanes of at least 4 members (excludes halogenated alkanes) is 4. The molecule has 0 heterocycles. The minimum Gasteiger partial charge on any atom is -0.494 e. The third-order valence-corrected chi connectivity index (χ3v) is 8.64. The van der Waals surface area contributed by atoms with Crippen molar-refractivity contribution in [2.75, 3.05) is 26.4 Å². The zero-order valence-electron chi connectivity index (χ0n) is 31.6. The number of carbonyl (C=O) groups is 2. The Morgan fingerprint density at radius 3 is 1.41 bits per heavy atom. The number of ether oxygens (including phenoxy) is 6. The summed E-state index contributed by atoms with van der Waals surface area (Å²) in [5.41, 5.74) is 1.50. The van der Waals surface area contributed by atoms with Gasteiger partial charge in [-0.3, -0.25) is 0 Å². The summed E-state index contributed by atoms with van der Waals surface area (Å²) in [6, 6.07) is 18.8. The Balaban J connectivity index is 1.36. The Kier molecular flexibility index (Phi) is 19.8. The number of rotatable bonds is 26. The second-order valence-electron chi connectivity index (χ2n) is 13.0. The van der Waals surface area contributed by atoms with E-state index in [2.05, 4.69) is 27.7 Å². The van der Waals surface area contributed by atoms with Crippen LogP contribution in [0.2, 0.25) is 0 Å². The fourth-order valence-corrected chi connectivity index (χ4v) is 5.56. The third kappa shape index (κ3) is 15.9. The molecular weight excluding hydrogens is 644 g/mol. The monoisotopic (exact) mass is 704 g/mol. The first kappa shape index (κ1) is 41.5. The van der Waals surface area contributed by atoms with Gasteiger partial charge in [0.1, 0.15) is 23.0 Å². The predicted molar refractivity (Wildman–Crippen MR) is 203 cm³/mol. The highest BCUT2D eigenvalue weighted by molar-refractivity contribution is 5.92. The molecule has 3 aromatic rings. The lowest BCUT2D eigenvalue weighted by atomic mass is 10.1. The van der Waals surface area contributed by atoms with E-state index < -0.39 is 11.9 Å². The molecule has 280 valence electrons. The molecule has 0 bridgehead atoms. The number of carbonyl (C=O) groups excluding carboxylic acids is 2. The average Bonchev–Trinajstić information content (AvgIpc) is 3.15. The topological polar surface area (TPSA) is 89.5 Å². The van der Waals surface area contributed by atoms with Crippen LogP contribution in [0.5, 0.6) is 23.0 Å². The quantitative estimate of drug-likeness (QED) is 0.0463. The molecule has 0 fully saturated rings. The second kappa shape index (κ2) is 24.3. The molecule has 2 unspecified atom stereocenters. The fourth-order valence-electron chi connectivity index (χ4n) is 5.56. The molecule has 0 spiro atoms. The normalized spacial score (nSPS) is 12.3. The van der Waals surface area contributed by atoms with E-state index in [9.17, 15) is 9.59 Å². The van der Waals surface area contributed by atoms with E-state index in [0.29, 0.717) is 65.1 Å². The van der Waals surface area contributed by atoms with E-state index in [-0.39, 0.29) is 0 Å². The molecule has 0 aliphatic heterocycles. The number of hydrogen-bond acceptors (Lipinski definition) is 8. The van der Waals surface area contributed by atoms with Crippen LogP contribution in [0.3, 0.4) is 0 Å². The zero-order valence-corrected chi connectivity index (χ0v) is 31.6. The molecule has 0 saturated heterocycles. The summed E-state index contributed by atoms with van der Waals surface area (Å²) in [6.45, 7) is 13.3. The van der Waals surface area contributed by atoms with E-state index in [1.165, 1.54) is 0 Å². The molecule has 8 nitrogen and oxygen atoms in total. The summed E-state index contributed by atoms with van der Waals surface area (Å²) in [5, 5.41) is 0. The number of benzene rings is 3. The number of aryl methyl sites for hydroxylation is 1. The maximum absolute atomic E-state index is 12.8. The van der Waals surface area contributed by atoms with Crippen molar-refractivity contribution in [1.29, 1.82) is 0 Å². The van der Waals surface area contributed by atoms with E-state index in [4.69, 9.17) is 28.4 Å². The average molecular weight is 705 g/mol. The summed E-state index contributed by atoms with van der Waals surface area (Å²) in [5.74, 6) is 1.23. The summed E-state index contributed by atoms with van der Waals surface area (Å²) in [6.07, 6.45) is 13.5. The Labute approximate surface area is 306 Å². The lowest BCUT2D eigenvalue weighted by Crippen LogP contribution is -2.12. The maximum Gasteiger partial charge on any atom is 0.343 e. The highest BCUT2D eigenvalue weighted by atomic mass is 16.5. The van der Waals surface area contributed by atoms with Crippen molar-refractivity contribution < 1.29 is 38.0 Å². The van der Waals surface area contributed by atoms with Gasteiger partial charge in [0, 0.05) is 13.2 Å². The van der Waals surface area contributed by atoms with Crippen LogP contribution in [0.1, 0.15) is 131 Å². The molecule has 3 aromatic carbocycles. The highest BCUT2D eigenvalue weighted by Gasteiger charge is 2.14. The van der Waals surface area contributed by atoms with Crippen LogP contribution in [0.15, 0.2) is 66.7 Å². The standard InChI is InChI=1S/C43H60O8/c1-6-28-46-36(8-3)16-12-10-14-30-48-38-22-18-34(19-23-38)42(44)50-40-26-27-41(33(5)32-40)51-43(45)35-20-24-39(25-21-35)49-31-15-11-13-17-37(9-4)47-29-7-2/h18-27,32,36-37H,6-17,28-31H2,1-5H3. The van der Waals surface area contributed by atoms with Crippen molar-refractivity contribution in [2.45, 2.75) is 124 Å². The summed E-state index contributed by atoms with van der Waals surface area (Å²) in [7, 11) is 0. The van der Waals surface area contributed by atoms with Crippen molar-refractivity contribution in [3.05, 3.63) is 83.4 Å². The number of esters is 2. The first-order valence-electron chi connectivity index (χ1n) is 19.1. The molecule has 8 heteroatoms. The Bertz CT molecular complexity index is 1400. The second-order valence-corrected chi connectivity index (χ2v) is 13.0. The van der Waals surface area contributed by atoms with Gasteiger partial charge in [0.25, 0.3) is 0 Å². The molecule has 0 N–H and O–H groups in total. The summed E-state index contributed by atoms with van der Waals surface area (Å²) in [4.78, 5) is 25.6. The van der Waals surface area contributed by atoms with Crippen LogP contribution in [0, 0.1) is 6.92 Å². The fraction of sp³-hybridized carbons (Fsp3) is 0.535. The maximum atomic E-state index is 12.8. The van der Waals surface area contributed by atoms with Gasteiger partial charge in [0.15, 0.2) is 0 Å². The molecule has 0 radical (unpaired) electrons. The first-order valence-corrected chi connectivity index (χ1v) is 19.1. The Morgan fingerprint density at radius 2 is 0.980 bits per heavy atom. The Hall–Kier alpha value is -3.88. The molecule has 2 atom stereocenters. The van der Waals surface area contributed by atoms with Crippen LogP contribution in [-0.2, 0) is 9.47 Å². The van der Waals surface area contributed by atoms with Crippen molar-refractivity contribution in [2.24, 2.45) is 0 Å². The lowest BCUT2D eigenvalue weighted by molar-refractivity contribution is 0.0433. The van der Waals surface area contributed by atoms with Gasteiger partial charge in [0.2, 0.25) is 0 Å². The van der Waals surface area contributed by atoms with Gasteiger partial charge in [-0.05, 0) is 143 Å². The van der Waals surface area contributed by atoms with Gasteiger partial charge >= 0.3 is 11.9 Å². The van der Waals surface area contributed by atoms with E-state index in [0.717, 1.165) is 90.3 Å². The predicted octanol–water partition coefficient (Wildman–Crippen LogP) is 10.7. The van der Waals surface area contributed by atoms with E-state index in [1.54, 1.807) is 73.7 Å². The molecule has 0 aromatic heterocycles. The van der Waals surface area contributed by atoms with Gasteiger partial charge in [-0.2, -0.15) is 0 Å². The van der Waals surface area contributed by atoms with Gasteiger partial charge in [-0.1, -0.05) is 40.5 Å². The zero-order chi connectivity index (χ0) is 36.7. The molecule has 0 aliphatic carbocycles. The Morgan fingerprint density at radius 1 is 0.529 bits per heavy atom. The van der Waals surface area contributed by atoms with E-state index in [1.807, 2.05) is 0 Å². The minimum atomic E-state index is -0.481.